The van der Waals surface area contributed by atoms with Gasteiger partial charge in [-0.05, 0) is 11.6 Å². The molecule has 2 rings (SSSR count). The molecule has 2 aromatic rings. The van der Waals surface area contributed by atoms with Gasteiger partial charge in [-0.25, -0.2) is 0 Å². The second kappa shape index (κ2) is 4.65. The lowest BCUT2D eigenvalue weighted by atomic mass is 10.1. The molecule has 0 unspecified atom stereocenters. The van der Waals surface area contributed by atoms with E-state index in [1.54, 1.807) is 4.90 Å². The third-order valence-electron chi connectivity index (χ3n) is 2.14. The van der Waals surface area contributed by atoms with Crippen LogP contribution in [0.25, 0.3) is 0 Å². The number of aromatic nitrogens is 2. The fourth-order valence-corrected chi connectivity index (χ4v) is 1.73. The molecular weight excluding hydrogens is 270 g/mol. The van der Waals surface area contributed by atoms with Gasteiger partial charge in [0.1, 0.15) is 0 Å². The molecule has 1 aromatic heterocycles. The fourth-order valence-electron chi connectivity index (χ4n) is 1.30. The highest BCUT2D eigenvalue weighted by Gasteiger charge is 2.09. The molecule has 16 heavy (non-hydrogen) atoms. The predicted molar refractivity (Wildman–Crippen MR) is 65.6 cm³/mol. The molecule has 0 spiro atoms. The van der Waals surface area contributed by atoms with Crippen molar-refractivity contribution in [3.8, 4) is 0 Å². The second-order valence-electron chi connectivity index (χ2n) is 3.64. The van der Waals surface area contributed by atoms with Crippen molar-refractivity contribution in [2.45, 2.75) is 6.42 Å². The Bertz CT molecular complexity index is 482. The van der Waals surface area contributed by atoms with Crippen molar-refractivity contribution in [2.24, 2.45) is 0 Å². The van der Waals surface area contributed by atoms with Crippen molar-refractivity contribution in [3.63, 3.8) is 0 Å². The molecule has 0 fully saturated rings. The zero-order chi connectivity index (χ0) is 11.5. The summed E-state index contributed by atoms with van der Waals surface area (Å²) in [6.45, 7) is 0. The van der Waals surface area contributed by atoms with E-state index in [4.69, 9.17) is 4.42 Å². The van der Waals surface area contributed by atoms with Crippen LogP contribution in [0.3, 0.4) is 0 Å². The molecule has 5 heteroatoms. The van der Waals surface area contributed by atoms with Gasteiger partial charge in [0, 0.05) is 18.6 Å². The third-order valence-corrected chi connectivity index (χ3v) is 2.91. The Morgan fingerprint density at radius 3 is 2.62 bits per heavy atom. The van der Waals surface area contributed by atoms with Crippen LogP contribution in [0.1, 0.15) is 11.5 Å². The quantitative estimate of drug-likeness (QED) is 0.867. The Balaban J connectivity index is 2.18. The summed E-state index contributed by atoms with van der Waals surface area (Å²) in [4.78, 5) is 1.79. The Morgan fingerprint density at radius 2 is 2.00 bits per heavy atom. The molecule has 1 heterocycles. The van der Waals surface area contributed by atoms with Crippen molar-refractivity contribution in [1.82, 2.24) is 10.2 Å². The van der Waals surface area contributed by atoms with Gasteiger partial charge in [-0.2, -0.15) is 0 Å². The summed E-state index contributed by atoms with van der Waals surface area (Å²) in [7, 11) is 3.74. The van der Waals surface area contributed by atoms with Gasteiger partial charge in [0.2, 0.25) is 5.89 Å². The zero-order valence-corrected chi connectivity index (χ0v) is 10.7. The summed E-state index contributed by atoms with van der Waals surface area (Å²) < 4.78 is 6.54. The molecule has 0 amide bonds. The lowest BCUT2D eigenvalue weighted by molar-refractivity contribution is 0.505. The minimum Gasteiger partial charge on any atom is -0.408 e. The van der Waals surface area contributed by atoms with Gasteiger partial charge in [-0.1, -0.05) is 39.2 Å². The van der Waals surface area contributed by atoms with Crippen LogP contribution in [0.4, 0.5) is 6.01 Å². The molecular formula is C11H12BrN3O. The molecule has 0 aliphatic rings. The average Bonchev–Trinajstić information content (AvgIpc) is 2.70. The van der Waals surface area contributed by atoms with E-state index in [9.17, 15) is 0 Å². The number of hydrogen-bond donors (Lipinski definition) is 0. The van der Waals surface area contributed by atoms with Crippen molar-refractivity contribution < 1.29 is 4.42 Å². The van der Waals surface area contributed by atoms with Gasteiger partial charge in [-0.15, -0.1) is 5.10 Å². The minimum atomic E-state index is 0.530. The first-order valence-electron chi connectivity index (χ1n) is 4.90. The smallest absolute Gasteiger partial charge is 0.317 e. The number of anilines is 1. The topological polar surface area (TPSA) is 42.2 Å². The summed E-state index contributed by atoms with van der Waals surface area (Å²) >= 11 is 3.49. The van der Waals surface area contributed by atoms with E-state index in [-0.39, 0.29) is 0 Å². The van der Waals surface area contributed by atoms with Crippen LogP contribution in [-0.2, 0) is 6.42 Å². The average molecular weight is 282 g/mol. The van der Waals surface area contributed by atoms with E-state index < -0.39 is 0 Å². The Labute approximate surface area is 102 Å². The van der Waals surface area contributed by atoms with Gasteiger partial charge in [0.05, 0.1) is 6.42 Å². The van der Waals surface area contributed by atoms with Crippen LogP contribution in [0, 0.1) is 0 Å². The summed E-state index contributed by atoms with van der Waals surface area (Å²) in [6, 6.07) is 8.53. The SMILES string of the molecule is CN(C)c1nnc(Cc2ccccc2Br)o1. The normalized spacial score (nSPS) is 10.4. The lowest BCUT2D eigenvalue weighted by Crippen LogP contribution is -2.08. The third kappa shape index (κ3) is 2.41. The van der Waals surface area contributed by atoms with Gasteiger partial charge in [0.15, 0.2) is 0 Å². The first-order chi connectivity index (χ1) is 7.66. The minimum absolute atomic E-state index is 0.530. The van der Waals surface area contributed by atoms with Crippen LogP contribution in [0.15, 0.2) is 33.2 Å². The van der Waals surface area contributed by atoms with Crippen molar-refractivity contribution in [1.29, 1.82) is 0 Å². The van der Waals surface area contributed by atoms with E-state index in [0.717, 1.165) is 10.0 Å². The maximum atomic E-state index is 5.49. The van der Waals surface area contributed by atoms with Gasteiger partial charge in [-0.3, -0.25) is 0 Å². The summed E-state index contributed by atoms with van der Waals surface area (Å²) in [5, 5.41) is 7.93. The van der Waals surface area contributed by atoms with E-state index in [1.807, 2.05) is 38.4 Å². The number of halogens is 1. The number of nitrogens with zero attached hydrogens (tertiary/aromatic N) is 3. The largest absolute Gasteiger partial charge is 0.408 e. The van der Waals surface area contributed by atoms with Crippen molar-refractivity contribution in [3.05, 3.63) is 40.2 Å². The molecule has 0 aliphatic heterocycles. The van der Waals surface area contributed by atoms with Crippen LogP contribution in [0.5, 0.6) is 0 Å². The fraction of sp³-hybridized carbons (Fsp3) is 0.273. The van der Waals surface area contributed by atoms with Crippen LogP contribution < -0.4 is 4.90 Å². The van der Waals surface area contributed by atoms with E-state index in [0.29, 0.717) is 18.3 Å². The highest BCUT2D eigenvalue weighted by atomic mass is 79.9. The predicted octanol–water partition coefficient (Wildman–Crippen LogP) is 2.49. The first kappa shape index (κ1) is 11.1. The molecule has 0 aliphatic carbocycles. The molecule has 4 nitrogen and oxygen atoms in total. The van der Waals surface area contributed by atoms with Crippen LogP contribution >= 0.6 is 15.9 Å². The zero-order valence-electron chi connectivity index (χ0n) is 9.14. The van der Waals surface area contributed by atoms with Crippen LogP contribution in [-0.4, -0.2) is 24.3 Å². The van der Waals surface area contributed by atoms with Gasteiger partial charge < -0.3 is 9.32 Å². The molecule has 0 saturated carbocycles. The van der Waals surface area contributed by atoms with E-state index >= 15 is 0 Å². The first-order valence-corrected chi connectivity index (χ1v) is 5.69. The number of hydrogen-bond acceptors (Lipinski definition) is 4. The lowest BCUT2D eigenvalue weighted by Gasteiger charge is -2.03. The molecule has 0 radical (unpaired) electrons. The summed E-state index contributed by atoms with van der Waals surface area (Å²) in [5.41, 5.74) is 1.14. The molecule has 0 N–H and O–H groups in total. The molecule has 0 bridgehead atoms. The maximum absolute atomic E-state index is 5.49. The van der Waals surface area contributed by atoms with Crippen LogP contribution in [0.2, 0.25) is 0 Å². The standard InChI is InChI=1S/C11H12BrN3O/c1-15(2)11-14-13-10(16-11)7-8-5-3-4-6-9(8)12/h3-6H,7H2,1-2H3. The summed E-state index contributed by atoms with van der Waals surface area (Å²) in [5.74, 6) is 0.621. The Morgan fingerprint density at radius 1 is 1.25 bits per heavy atom. The monoisotopic (exact) mass is 281 g/mol. The number of rotatable bonds is 3. The van der Waals surface area contributed by atoms with E-state index in [2.05, 4.69) is 26.1 Å². The van der Waals surface area contributed by atoms with Crippen molar-refractivity contribution >= 4 is 21.9 Å². The van der Waals surface area contributed by atoms with Crippen molar-refractivity contribution in [2.75, 3.05) is 19.0 Å². The molecule has 0 atom stereocenters. The summed E-state index contributed by atoms with van der Waals surface area (Å²) in [6.07, 6.45) is 0.641. The number of benzene rings is 1. The van der Waals surface area contributed by atoms with Gasteiger partial charge in [0.25, 0.3) is 0 Å². The second-order valence-corrected chi connectivity index (χ2v) is 4.50. The molecule has 1 aromatic carbocycles. The molecule has 84 valence electrons. The highest BCUT2D eigenvalue weighted by Crippen LogP contribution is 2.20. The Hall–Kier alpha value is -1.36. The Kier molecular flexibility index (Phi) is 3.24. The molecule has 0 saturated heterocycles. The van der Waals surface area contributed by atoms with E-state index in [1.165, 1.54) is 0 Å². The van der Waals surface area contributed by atoms with Gasteiger partial charge >= 0.3 is 6.01 Å². The highest BCUT2D eigenvalue weighted by molar-refractivity contribution is 9.10. The maximum Gasteiger partial charge on any atom is 0.317 e.